The first-order valence-electron chi connectivity index (χ1n) is 6.95. The molecule has 2 atom stereocenters. The van der Waals surface area contributed by atoms with Gasteiger partial charge in [0.15, 0.2) is 0 Å². The molecule has 2 unspecified atom stereocenters. The Balaban J connectivity index is 2.84. The monoisotopic (exact) mass is 265 g/mol. The summed E-state index contributed by atoms with van der Waals surface area (Å²) in [4.78, 5) is 4.46. The summed E-state index contributed by atoms with van der Waals surface area (Å²) < 4.78 is 5.77. The number of rotatable bonds is 5. The van der Waals surface area contributed by atoms with E-state index in [0.29, 0.717) is 23.5 Å². The van der Waals surface area contributed by atoms with Gasteiger partial charge in [0.1, 0.15) is 11.4 Å². The summed E-state index contributed by atoms with van der Waals surface area (Å²) in [6.07, 6.45) is 1.13. The van der Waals surface area contributed by atoms with Crippen LogP contribution in [0.3, 0.4) is 0 Å². The lowest BCUT2D eigenvalue weighted by Crippen LogP contribution is -2.26. The van der Waals surface area contributed by atoms with Crippen LogP contribution in [0.5, 0.6) is 5.88 Å². The number of nitrogen functional groups attached to an aromatic ring is 1. The highest BCUT2D eigenvalue weighted by molar-refractivity contribution is 5.54. The van der Waals surface area contributed by atoms with Gasteiger partial charge in [0.05, 0.1) is 5.69 Å². The molecule has 0 aliphatic carbocycles. The van der Waals surface area contributed by atoms with Gasteiger partial charge in [-0.25, -0.2) is 0 Å². The molecule has 0 spiro atoms. The first kappa shape index (κ1) is 15.6. The Morgan fingerprint density at radius 1 is 1.32 bits per heavy atom. The quantitative estimate of drug-likeness (QED) is 0.852. The van der Waals surface area contributed by atoms with Crippen LogP contribution in [0.25, 0.3) is 0 Å². The minimum atomic E-state index is -0.304. The molecular formula is C15H27N3O. The summed E-state index contributed by atoms with van der Waals surface area (Å²) in [6, 6.07) is 4.09. The van der Waals surface area contributed by atoms with Crippen LogP contribution in [-0.4, -0.2) is 16.6 Å². The second-order valence-corrected chi connectivity index (χ2v) is 6.12. The van der Waals surface area contributed by atoms with Crippen LogP contribution < -0.4 is 15.8 Å². The third kappa shape index (κ3) is 4.97. The second-order valence-electron chi connectivity index (χ2n) is 6.12. The van der Waals surface area contributed by atoms with Crippen molar-refractivity contribution in [3.63, 3.8) is 0 Å². The molecule has 0 fully saturated rings. The van der Waals surface area contributed by atoms with E-state index in [2.05, 4.69) is 31.1 Å². The van der Waals surface area contributed by atoms with E-state index in [0.717, 1.165) is 12.2 Å². The number of hydrogen-bond acceptors (Lipinski definition) is 4. The SMILES string of the molecule is CCC(C)C(C)Nc1ccc(N)c(OC(C)(C)C)n1. The van der Waals surface area contributed by atoms with E-state index in [1.807, 2.05) is 32.9 Å². The van der Waals surface area contributed by atoms with Crippen LogP contribution in [0.4, 0.5) is 11.5 Å². The lowest BCUT2D eigenvalue weighted by Gasteiger charge is -2.23. The van der Waals surface area contributed by atoms with Crippen molar-refractivity contribution in [2.75, 3.05) is 11.1 Å². The van der Waals surface area contributed by atoms with Gasteiger partial charge in [-0.3, -0.25) is 0 Å². The Hall–Kier alpha value is -1.45. The van der Waals surface area contributed by atoms with E-state index >= 15 is 0 Å². The van der Waals surface area contributed by atoms with Gasteiger partial charge in [-0.15, -0.1) is 0 Å². The van der Waals surface area contributed by atoms with Crippen LogP contribution in [0.1, 0.15) is 48.0 Å². The van der Waals surface area contributed by atoms with Crippen LogP contribution in [0.2, 0.25) is 0 Å². The minimum absolute atomic E-state index is 0.304. The number of nitrogens with zero attached hydrogens (tertiary/aromatic N) is 1. The number of pyridine rings is 1. The molecule has 108 valence electrons. The zero-order valence-corrected chi connectivity index (χ0v) is 12.9. The number of ether oxygens (including phenoxy) is 1. The van der Waals surface area contributed by atoms with Crippen LogP contribution in [-0.2, 0) is 0 Å². The van der Waals surface area contributed by atoms with Gasteiger partial charge in [-0.2, -0.15) is 4.98 Å². The summed E-state index contributed by atoms with van der Waals surface area (Å²) in [7, 11) is 0. The zero-order valence-electron chi connectivity index (χ0n) is 12.9. The number of nitrogens with two attached hydrogens (primary N) is 1. The molecule has 0 radical (unpaired) electrons. The number of hydrogen-bond donors (Lipinski definition) is 2. The molecule has 0 saturated carbocycles. The van der Waals surface area contributed by atoms with Crippen molar-refractivity contribution < 1.29 is 4.74 Å². The Bertz CT molecular complexity index is 412. The molecule has 1 rings (SSSR count). The Kier molecular flexibility index (Phi) is 5.04. The lowest BCUT2D eigenvalue weighted by atomic mass is 10.0. The normalized spacial score (nSPS) is 14.8. The number of aromatic nitrogens is 1. The third-order valence-corrected chi connectivity index (χ3v) is 3.17. The van der Waals surface area contributed by atoms with Crippen LogP contribution in [0.15, 0.2) is 12.1 Å². The molecule has 0 aliphatic heterocycles. The molecule has 4 nitrogen and oxygen atoms in total. The smallest absolute Gasteiger partial charge is 0.239 e. The maximum atomic E-state index is 5.90. The van der Waals surface area contributed by atoms with Crippen LogP contribution >= 0.6 is 0 Å². The molecule has 0 aliphatic rings. The van der Waals surface area contributed by atoms with Gasteiger partial charge in [0, 0.05) is 6.04 Å². The van der Waals surface area contributed by atoms with Crippen LogP contribution in [0, 0.1) is 5.92 Å². The first-order chi connectivity index (χ1) is 8.73. The molecule has 19 heavy (non-hydrogen) atoms. The van der Waals surface area contributed by atoms with E-state index in [1.165, 1.54) is 0 Å². The minimum Gasteiger partial charge on any atom is -0.470 e. The average Bonchev–Trinajstić information content (AvgIpc) is 2.30. The topological polar surface area (TPSA) is 60.2 Å². The number of nitrogens with one attached hydrogen (secondary N) is 1. The van der Waals surface area contributed by atoms with Crippen molar-refractivity contribution in [1.29, 1.82) is 0 Å². The fourth-order valence-corrected chi connectivity index (χ4v) is 1.63. The van der Waals surface area contributed by atoms with Crippen molar-refractivity contribution in [1.82, 2.24) is 4.98 Å². The maximum absolute atomic E-state index is 5.90. The highest BCUT2D eigenvalue weighted by atomic mass is 16.5. The molecule has 1 aromatic rings. The van der Waals surface area contributed by atoms with Crippen molar-refractivity contribution in [2.45, 2.75) is 59.6 Å². The molecular weight excluding hydrogens is 238 g/mol. The van der Waals surface area contributed by atoms with Crippen molar-refractivity contribution in [2.24, 2.45) is 5.92 Å². The molecule has 0 saturated heterocycles. The Morgan fingerprint density at radius 3 is 2.47 bits per heavy atom. The average molecular weight is 265 g/mol. The largest absolute Gasteiger partial charge is 0.470 e. The predicted molar refractivity (Wildman–Crippen MR) is 81.6 cm³/mol. The van der Waals surface area contributed by atoms with E-state index in [4.69, 9.17) is 10.5 Å². The van der Waals surface area contributed by atoms with E-state index in [1.54, 1.807) is 0 Å². The fourth-order valence-electron chi connectivity index (χ4n) is 1.63. The number of anilines is 2. The summed E-state index contributed by atoms with van der Waals surface area (Å²) in [6.45, 7) is 12.5. The summed E-state index contributed by atoms with van der Waals surface area (Å²) >= 11 is 0. The van der Waals surface area contributed by atoms with E-state index in [9.17, 15) is 0 Å². The van der Waals surface area contributed by atoms with Gasteiger partial charge in [0.2, 0.25) is 5.88 Å². The lowest BCUT2D eigenvalue weighted by molar-refractivity contribution is 0.125. The van der Waals surface area contributed by atoms with Crippen molar-refractivity contribution in [3.05, 3.63) is 12.1 Å². The van der Waals surface area contributed by atoms with Gasteiger partial charge in [-0.05, 0) is 45.7 Å². The molecule has 0 amide bonds. The molecule has 4 heteroatoms. The maximum Gasteiger partial charge on any atom is 0.239 e. The first-order valence-corrected chi connectivity index (χ1v) is 6.95. The predicted octanol–water partition coefficient (Wildman–Crippen LogP) is 3.69. The fraction of sp³-hybridized carbons (Fsp3) is 0.667. The summed E-state index contributed by atoms with van der Waals surface area (Å²) in [5.74, 6) is 1.89. The van der Waals surface area contributed by atoms with Gasteiger partial charge in [0.25, 0.3) is 0 Å². The molecule has 0 aromatic carbocycles. The van der Waals surface area contributed by atoms with E-state index in [-0.39, 0.29) is 5.60 Å². The standard InChI is InChI=1S/C15H27N3O/c1-7-10(2)11(3)17-13-9-8-12(16)14(18-13)19-15(4,5)6/h8-11H,7,16H2,1-6H3,(H,17,18). The third-order valence-electron chi connectivity index (χ3n) is 3.17. The Morgan fingerprint density at radius 2 is 1.95 bits per heavy atom. The van der Waals surface area contributed by atoms with Crippen molar-refractivity contribution >= 4 is 11.5 Å². The zero-order chi connectivity index (χ0) is 14.6. The highest BCUT2D eigenvalue weighted by Crippen LogP contribution is 2.25. The summed E-state index contributed by atoms with van der Waals surface area (Å²) in [5.41, 5.74) is 6.16. The summed E-state index contributed by atoms with van der Waals surface area (Å²) in [5, 5.41) is 3.40. The highest BCUT2D eigenvalue weighted by Gasteiger charge is 2.16. The van der Waals surface area contributed by atoms with Gasteiger partial charge in [-0.1, -0.05) is 20.3 Å². The van der Waals surface area contributed by atoms with Crippen molar-refractivity contribution in [3.8, 4) is 5.88 Å². The second kappa shape index (κ2) is 6.13. The Labute approximate surface area is 116 Å². The molecule has 3 N–H and O–H groups in total. The van der Waals surface area contributed by atoms with Gasteiger partial charge < -0.3 is 15.8 Å². The van der Waals surface area contributed by atoms with E-state index < -0.39 is 0 Å². The van der Waals surface area contributed by atoms with Gasteiger partial charge >= 0.3 is 0 Å². The molecule has 1 heterocycles. The molecule has 0 bridgehead atoms. The molecule has 1 aromatic heterocycles.